The quantitative estimate of drug-likeness (QED) is 0.738. The molecule has 0 aliphatic heterocycles. The van der Waals surface area contributed by atoms with Crippen LogP contribution in [0.1, 0.15) is 13.3 Å². The number of anilines is 1. The van der Waals surface area contributed by atoms with Crippen molar-refractivity contribution >= 4 is 17.9 Å². The fraction of sp³-hybridized carbons (Fsp3) is 0.273. The summed E-state index contributed by atoms with van der Waals surface area (Å²) < 4.78 is 0. The first-order chi connectivity index (χ1) is 6.72. The van der Waals surface area contributed by atoms with Crippen molar-refractivity contribution in [2.24, 2.45) is 5.92 Å². The van der Waals surface area contributed by atoms with Gasteiger partial charge in [-0.2, -0.15) is 0 Å². The zero-order chi connectivity index (χ0) is 10.4. The van der Waals surface area contributed by atoms with Crippen LogP contribution in [0.4, 0.5) is 5.69 Å². The first-order valence-corrected chi connectivity index (χ1v) is 4.52. The predicted octanol–water partition coefficient (Wildman–Crippen LogP) is 1.85. The van der Waals surface area contributed by atoms with E-state index in [9.17, 15) is 9.59 Å². The molecule has 0 aromatic heterocycles. The number of benzene rings is 1. The normalized spacial score (nSPS) is 11.8. The topological polar surface area (TPSA) is 46.2 Å². The van der Waals surface area contributed by atoms with Crippen molar-refractivity contribution in [3.05, 3.63) is 30.3 Å². The van der Waals surface area contributed by atoms with E-state index in [4.69, 9.17) is 0 Å². The van der Waals surface area contributed by atoms with Crippen LogP contribution >= 0.6 is 0 Å². The molecular formula is C11H13NO2. The SMILES string of the molecule is CC(C=O)CC(=O)Nc1ccccc1. The molecular weight excluding hydrogens is 178 g/mol. The van der Waals surface area contributed by atoms with Gasteiger partial charge < -0.3 is 10.1 Å². The summed E-state index contributed by atoms with van der Waals surface area (Å²) in [6.07, 6.45) is 1.02. The van der Waals surface area contributed by atoms with Gasteiger partial charge in [0, 0.05) is 18.0 Å². The molecule has 1 unspecified atom stereocenters. The third kappa shape index (κ3) is 3.39. The second kappa shape index (κ2) is 5.17. The van der Waals surface area contributed by atoms with Crippen molar-refractivity contribution < 1.29 is 9.59 Å². The maximum absolute atomic E-state index is 11.3. The summed E-state index contributed by atoms with van der Waals surface area (Å²) in [6, 6.07) is 9.19. The van der Waals surface area contributed by atoms with E-state index in [0.717, 1.165) is 12.0 Å². The van der Waals surface area contributed by atoms with Crippen LogP contribution < -0.4 is 5.32 Å². The molecule has 74 valence electrons. The molecule has 0 fully saturated rings. The Hall–Kier alpha value is -1.64. The van der Waals surface area contributed by atoms with Gasteiger partial charge in [0.25, 0.3) is 0 Å². The minimum Gasteiger partial charge on any atom is -0.326 e. The van der Waals surface area contributed by atoms with Gasteiger partial charge in [0.05, 0.1) is 0 Å². The van der Waals surface area contributed by atoms with Gasteiger partial charge >= 0.3 is 0 Å². The van der Waals surface area contributed by atoms with Crippen LogP contribution in [0.2, 0.25) is 0 Å². The number of hydrogen-bond acceptors (Lipinski definition) is 2. The van der Waals surface area contributed by atoms with E-state index in [0.29, 0.717) is 0 Å². The summed E-state index contributed by atoms with van der Waals surface area (Å²) in [5.74, 6) is -0.352. The van der Waals surface area contributed by atoms with E-state index in [1.165, 1.54) is 0 Å². The molecule has 0 saturated heterocycles. The van der Waals surface area contributed by atoms with Gasteiger partial charge in [-0.3, -0.25) is 4.79 Å². The molecule has 0 radical (unpaired) electrons. The Labute approximate surface area is 83.1 Å². The third-order valence-electron chi connectivity index (χ3n) is 1.80. The Bertz CT molecular complexity index is 308. The number of nitrogens with one attached hydrogen (secondary N) is 1. The van der Waals surface area contributed by atoms with Crippen LogP contribution in [-0.4, -0.2) is 12.2 Å². The fourth-order valence-electron chi connectivity index (χ4n) is 1.07. The van der Waals surface area contributed by atoms with Crippen LogP contribution in [-0.2, 0) is 9.59 Å². The highest BCUT2D eigenvalue weighted by Gasteiger charge is 2.07. The Kier molecular flexibility index (Phi) is 3.85. The highest BCUT2D eigenvalue weighted by molar-refractivity contribution is 5.91. The summed E-state index contributed by atoms with van der Waals surface area (Å²) in [4.78, 5) is 21.6. The first kappa shape index (κ1) is 10.4. The molecule has 1 rings (SSSR count). The smallest absolute Gasteiger partial charge is 0.225 e. The van der Waals surface area contributed by atoms with Gasteiger partial charge in [0.15, 0.2) is 0 Å². The zero-order valence-corrected chi connectivity index (χ0v) is 8.07. The Morgan fingerprint density at radius 2 is 2.07 bits per heavy atom. The maximum Gasteiger partial charge on any atom is 0.225 e. The number of rotatable bonds is 4. The van der Waals surface area contributed by atoms with Crippen molar-refractivity contribution in [3.8, 4) is 0 Å². The third-order valence-corrected chi connectivity index (χ3v) is 1.80. The molecule has 1 atom stereocenters. The number of carbonyl (C=O) groups is 2. The van der Waals surface area contributed by atoms with Gasteiger partial charge in [-0.25, -0.2) is 0 Å². The largest absolute Gasteiger partial charge is 0.326 e. The summed E-state index contributed by atoms with van der Waals surface area (Å²) in [7, 11) is 0. The number of carbonyl (C=O) groups excluding carboxylic acids is 2. The van der Waals surface area contributed by atoms with E-state index in [1.807, 2.05) is 30.3 Å². The van der Waals surface area contributed by atoms with Crippen LogP contribution in [0.15, 0.2) is 30.3 Å². The average molecular weight is 191 g/mol. The average Bonchev–Trinajstić information content (AvgIpc) is 2.19. The zero-order valence-electron chi connectivity index (χ0n) is 8.07. The molecule has 3 nitrogen and oxygen atoms in total. The molecule has 0 heterocycles. The van der Waals surface area contributed by atoms with Crippen molar-refractivity contribution in [1.29, 1.82) is 0 Å². The lowest BCUT2D eigenvalue weighted by Gasteiger charge is -2.05. The summed E-state index contributed by atoms with van der Waals surface area (Å²) in [5, 5.41) is 2.71. The summed E-state index contributed by atoms with van der Waals surface area (Å²) in [6.45, 7) is 1.72. The maximum atomic E-state index is 11.3. The van der Waals surface area contributed by atoms with E-state index in [2.05, 4.69) is 5.32 Å². The lowest BCUT2D eigenvalue weighted by atomic mass is 10.1. The van der Waals surface area contributed by atoms with Gasteiger partial charge in [-0.15, -0.1) is 0 Å². The van der Waals surface area contributed by atoms with Crippen molar-refractivity contribution in [1.82, 2.24) is 0 Å². The van der Waals surface area contributed by atoms with Crippen LogP contribution in [0, 0.1) is 5.92 Å². The van der Waals surface area contributed by atoms with Gasteiger partial charge in [-0.1, -0.05) is 25.1 Å². The predicted molar refractivity (Wildman–Crippen MR) is 54.9 cm³/mol. The molecule has 0 aliphatic carbocycles. The molecule has 0 saturated carbocycles. The van der Waals surface area contributed by atoms with E-state index >= 15 is 0 Å². The molecule has 0 bridgehead atoms. The molecule has 14 heavy (non-hydrogen) atoms. The molecule has 3 heteroatoms. The lowest BCUT2D eigenvalue weighted by Crippen LogP contribution is -2.15. The lowest BCUT2D eigenvalue weighted by molar-refractivity contribution is -0.120. The van der Waals surface area contributed by atoms with Crippen molar-refractivity contribution in [2.45, 2.75) is 13.3 Å². The van der Waals surface area contributed by atoms with Crippen LogP contribution in [0.3, 0.4) is 0 Å². The number of amides is 1. The van der Waals surface area contributed by atoms with Gasteiger partial charge in [-0.05, 0) is 12.1 Å². The van der Waals surface area contributed by atoms with Crippen LogP contribution in [0.25, 0.3) is 0 Å². The second-order valence-corrected chi connectivity index (χ2v) is 3.23. The molecule has 1 aromatic rings. The molecule has 1 amide bonds. The van der Waals surface area contributed by atoms with Crippen molar-refractivity contribution in [3.63, 3.8) is 0 Å². The number of aldehydes is 1. The van der Waals surface area contributed by atoms with E-state index in [1.54, 1.807) is 6.92 Å². The Balaban J connectivity index is 2.46. The highest BCUT2D eigenvalue weighted by Crippen LogP contribution is 2.07. The highest BCUT2D eigenvalue weighted by atomic mass is 16.1. The number of para-hydroxylation sites is 1. The summed E-state index contributed by atoms with van der Waals surface area (Å²) >= 11 is 0. The van der Waals surface area contributed by atoms with Gasteiger partial charge in [0.1, 0.15) is 6.29 Å². The minimum atomic E-state index is -0.223. The molecule has 0 aliphatic rings. The molecule has 1 aromatic carbocycles. The fourth-order valence-corrected chi connectivity index (χ4v) is 1.07. The van der Waals surface area contributed by atoms with E-state index in [-0.39, 0.29) is 18.2 Å². The standard InChI is InChI=1S/C11H13NO2/c1-9(8-13)7-11(14)12-10-5-3-2-4-6-10/h2-6,8-9H,7H2,1H3,(H,12,14). The number of hydrogen-bond donors (Lipinski definition) is 1. The van der Waals surface area contributed by atoms with E-state index < -0.39 is 0 Å². The molecule has 1 N–H and O–H groups in total. The first-order valence-electron chi connectivity index (χ1n) is 4.52. The Morgan fingerprint density at radius 3 is 2.64 bits per heavy atom. The van der Waals surface area contributed by atoms with Gasteiger partial charge in [0.2, 0.25) is 5.91 Å². The minimum absolute atomic E-state index is 0.129. The van der Waals surface area contributed by atoms with Crippen molar-refractivity contribution in [2.75, 3.05) is 5.32 Å². The Morgan fingerprint density at radius 1 is 1.43 bits per heavy atom. The molecule has 0 spiro atoms. The van der Waals surface area contributed by atoms with Crippen LogP contribution in [0.5, 0.6) is 0 Å². The monoisotopic (exact) mass is 191 g/mol. The second-order valence-electron chi connectivity index (χ2n) is 3.23. The summed E-state index contributed by atoms with van der Waals surface area (Å²) in [5.41, 5.74) is 0.760.